The van der Waals surface area contributed by atoms with Gasteiger partial charge in [0.25, 0.3) is 0 Å². The van der Waals surface area contributed by atoms with Gasteiger partial charge in [-0.2, -0.15) is 0 Å². The lowest BCUT2D eigenvalue weighted by molar-refractivity contribution is -0.139. The second-order valence-electron chi connectivity index (χ2n) is 5.17. The zero-order valence-electron chi connectivity index (χ0n) is 11.9. The summed E-state index contributed by atoms with van der Waals surface area (Å²) in [5.74, 6) is -0.848. The number of hydrogen-bond acceptors (Lipinski definition) is 3. The maximum absolute atomic E-state index is 11.5. The third-order valence-corrected chi connectivity index (χ3v) is 3.31. The van der Waals surface area contributed by atoms with Crippen molar-refractivity contribution in [3.8, 4) is 0 Å². The smallest absolute Gasteiger partial charge is 0.325 e. The van der Waals surface area contributed by atoms with Crippen molar-refractivity contribution in [1.29, 1.82) is 0 Å². The zero-order valence-corrected chi connectivity index (χ0v) is 11.9. The molecule has 0 bridgehead atoms. The van der Waals surface area contributed by atoms with Crippen LogP contribution in [0.3, 0.4) is 0 Å². The molecule has 1 unspecified atom stereocenters. The number of aromatic nitrogens is 1. The van der Waals surface area contributed by atoms with Crippen LogP contribution in [0.1, 0.15) is 18.0 Å². The Morgan fingerprint density at radius 2 is 2.15 bits per heavy atom. The molecule has 0 fully saturated rings. The van der Waals surface area contributed by atoms with Crippen LogP contribution in [-0.2, 0) is 4.79 Å². The molecular formula is C15H21N3O2. The van der Waals surface area contributed by atoms with Crippen molar-refractivity contribution in [1.82, 2.24) is 15.2 Å². The van der Waals surface area contributed by atoms with Gasteiger partial charge in [0, 0.05) is 22.7 Å². The van der Waals surface area contributed by atoms with Crippen molar-refractivity contribution in [2.45, 2.75) is 12.5 Å². The van der Waals surface area contributed by atoms with Crippen molar-refractivity contribution in [3.05, 3.63) is 36.0 Å². The molecule has 2 aromatic rings. The quantitative estimate of drug-likeness (QED) is 0.674. The Hall–Kier alpha value is -1.85. The van der Waals surface area contributed by atoms with Gasteiger partial charge in [0.1, 0.15) is 6.04 Å². The van der Waals surface area contributed by atoms with Gasteiger partial charge < -0.3 is 20.3 Å². The number of rotatable bonds is 7. The van der Waals surface area contributed by atoms with E-state index in [4.69, 9.17) is 0 Å². The first kappa shape index (κ1) is 14.6. The third kappa shape index (κ3) is 3.37. The monoisotopic (exact) mass is 275 g/mol. The third-order valence-electron chi connectivity index (χ3n) is 3.31. The molecule has 1 aromatic heterocycles. The minimum Gasteiger partial charge on any atom is -0.480 e. The number of aliphatic carboxylic acids is 1. The Kier molecular flexibility index (Phi) is 4.76. The Balaban J connectivity index is 2.10. The van der Waals surface area contributed by atoms with Crippen LogP contribution in [0.5, 0.6) is 0 Å². The molecule has 0 aliphatic heterocycles. The van der Waals surface area contributed by atoms with E-state index < -0.39 is 12.0 Å². The number of aromatic amines is 1. The lowest BCUT2D eigenvalue weighted by Crippen LogP contribution is -2.30. The van der Waals surface area contributed by atoms with Crippen molar-refractivity contribution in [2.24, 2.45) is 0 Å². The van der Waals surface area contributed by atoms with Crippen molar-refractivity contribution in [3.63, 3.8) is 0 Å². The molecule has 5 heteroatoms. The second kappa shape index (κ2) is 6.54. The Labute approximate surface area is 118 Å². The average Bonchev–Trinajstić information content (AvgIpc) is 2.82. The van der Waals surface area contributed by atoms with E-state index in [1.54, 1.807) is 6.20 Å². The summed E-state index contributed by atoms with van der Waals surface area (Å²) in [4.78, 5) is 16.7. The molecule has 1 atom stereocenters. The number of carbonyl (C=O) groups is 1. The standard InChI is InChI=1S/C15H21N3O2/c1-18(2)9-5-8-16-14(15(19)20)12-10-17-13-7-4-3-6-11(12)13/h3-4,6-7,10,14,16-17H,5,8-9H2,1-2H3,(H,19,20). The summed E-state index contributed by atoms with van der Waals surface area (Å²) in [6, 6.07) is 7.07. The molecular weight excluding hydrogens is 254 g/mol. The summed E-state index contributed by atoms with van der Waals surface area (Å²) in [7, 11) is 4.02. The van der Waals surface area contributed by atoms with Crippen LogP contribution in [0.4, 0.5) is 0 Å². The number of carboxylic acids is 1. The SMILES string of the molecule is CN(C)CCCNC(C(=O)O)c1c[nH]c2ccccc12. The normalized spacial score (nSPS) is 12.9. The maximum Gasteiger partial charge on any atom is 0.325 e. The summed E-state index contributed by atoms with van der Waals surface area (Å²) in [6.07, 6.45) is 2.70. The number of nitrogens with one attached hydrogen (secondary N) is 2. The molecule has 1 heterocycles. The van der Waals surface area contributed by atoms with Crippen LogP contribution in [0.25, 0.3) is 10.9 Å². The number of carboxylic acid groups (broad SMARTS) is 1. The molecule has 3 N–H and O–H groups in total. The minimum absolute atomic E-state index is 0.673. The number of benzene rings is 1. The minimum atomic E-state index is -0.848. The van der Waals surface area contributed by atoms with E-state index in [2.05, 4.69) is 15.2 Å². The van der Waals surface area contributed by atoms with Gasteiger partial charge in [-0.15, -0.1) is 0 Å². The first-order chi connectivity index (χ1) is 9.59. The number of fused-ring (bicyclic) bond motifs is 1. The van der Waals surface area contributed by atoms with E-state index in [1.165, 1.54) is 0 Å². The van der Waals surface area contributed by atoms with Crippen LogP contribution in [0.2, 0.25) is 0 Å². The van der Waals surface area contributed by atoms with Gasteiger partial charge in [0.15, 0.2) is 0 Å². The first-order valence-electron chi connectivity index (χ1n) is 6.76. The topological polar surface area (TPSA) is 68.4 Å². The highest BCUT2D eigenvalue weighted by Gasteiger charge is 2.21. The van der Waals surface area contributed by atoms with Gasteiger partial charge in [-0.1, -0.05) is 18.2 Å². The highest BCUT2D eigenvalue weighted by Crippen LogP contribution is 2.24. The van der Waals surface area contributed by atoms with Crippen LogP contribution < -0.4 is 5.32 Å². The molecule has 5 nitrogen and oxygen atoms in total. The Morgan fingerprint density at radius 1 is 1.40 bits per heavy atom. The van der Waals surface area contributed by atoms with Crippen molar-refractivity contribution >= 4 is 16.9 Å². The lowest BCUT2D eigenvalue weighted by Gasteiger charge is -2.15. The fraction of sp³-hybridized carbons (Fsp3) is 0.400. The van der Waals surface area contributed by atoms with E-state index in [0.717, 1.165) is 29.4 Å². The van der Waals surface area contributed by atoms with Crippen LogP contribution >= 0.6 is 0 Å². The number of H-pyrrole nitrogens is 1. The van der Waals surface area contributed by atoms with Crippen molar-refractivity contribution in [2.75, 3.05) is 27.2 Å². The molecule has 0 spiro atoms. The molecule has 0 amide bonds. The fourth-order valence-electron chi connectivity index (χ4n) is 2.30. The first-order valence-corrected chi connectivity index (χ1v) is 6.76. The van der Waals surface area contributed by atoms with Crippen LogP contribution in [-0.4, -0.2) is 48.1 Å². The molecule has 20 heavy (non-hydrogen) atoms. The van der Waals surface area contributed by atoms with E-state index >= 15 is 0 Å². The van der Waals surface area contributed by atoms with Gasteiger partial charge in [0.05, 0.1) is 0 Å². The summed E-state index contributed by atoms with van der Waals surface area (Å²) in [5, 5.41) is 13.5. The maximum atomic E-state index is 11.5. The fourth-order valence-corrected chi connectivity index (χ4v) is 2.30. The van der Waals surface area contributed by atoms with Crippen molar-refractivity contribution < 1.29 is 9.90 Å². The number of nitrogens with zero attached hydrogens (tertiary/aromatic N) is 1. The van der Waals surface area contributed by atoms with Gasteiger partial charge in [0.2, 0.25) is 0 Å². The van der Waals surface area contributed by atoms with E-state index in [0.29, 0.717) is 6.54 Å². The van der Waals surface area contributed by atoms with Gasteiger partial charge in [-0.05, 0) is 39.7 Å². The number of hydrogen-bond donors (Lipinski definition) is 3. The Bertz CT molecular complexity index is 577. The predicted molar refractivity (Wildman–Crippen MR) is 79.8 cm³/mol. The zero-order chi connectivity index (χ0) is 14.5. The molecule has 108 valence electrons. The van der Waals surface area contributed by atoms with Gasteiger partial charge >= 0.3 is 5.97 Å². The summed E-state index contributed by atoms with van der Waals surface area (Å²) in [5.41, 5.74) is 1.75. The molecule has 0 saturated heterocycles. The Morgan fingerprint density at radius 3 is 2.85 bits per heavy atom. The van der Waals surface area contributed by atoms with E-state index in [9.17, 15) is 9.90 Å². The molecule has 0 radical (unpaired) electrons. The van der Waals surface area contributed by atoms with E-state index in [-0.39, 0.29) is 0 Å². The predicted octanol–water partition coefficient (Wildman–Crippen LogP) is 1.83. The second-order valence-corrected chi connectivity index (χ2v) is 5.17. The average molecular weight is 275 g/mol. The molecule has 1 aromatic carbocycles. The van der Waals surface area contributed by atoms with E-state index in [1.807, 2.05) is 38.4 Å². The summed E-state index contributed by atoms with van der Waals surface area (Å²) >= 11 is 0. The highest BCUT2D eigenvalue weighted by atomic mass is 16.4. The molecule has 0 saturated carbocycles. The van der Waals surface area contributed by atoms with Gasteiger partial charge in [-0.3, -0.25) is 4.79 Å². The molecule has 0 aliphatic rings. The molecule has 2 rings (SSSR count). The molecule has 0 aliphatic carbocycles. The highest BCUT2D eigenvalue weighted by molar-refractivity contribution is 5.89. The van der Waals surface area contributed by atoms with Gasteiger partial charge in [-0.25, -0.2) is 0 Å². The lowest BCUT2D eigenvalue weighted by atomic mass is 10.1. The number of para-hydroxylation sites is 1. The largest absolute Gasteiger partial charge is 0.480 e. The van der Waals surface area contributed by atoms with Crippen LogP contribution in [0, 0.1) is 0 Å². The summed E-state index contributed by atoms with van der Waals surface area (Å²) < 4.78 is 0. The van der Waals surface area contributed by atoms with Crippen LogP contribution in [0.15, 0.2) is 30.5 Å². The summed E-state index contributed by atoms with van der Waals surface area (Å²) in [6.45, 7) is 1.61.